The number of thiazole rings is 1. The smallest absolute Gasteiger partial charge is 0.338 e. The minimum Gasteiger partial charge on any atom is -0.496 e. The van der Waals surface area contributed by atoms with Gasteiger partial charge in [-0.1, -0.05) is 67.1 Å². The molecule has 4 aromatic rings. The highest BCUT2D eigenvalue weighted by molar-refractivity contribution is 7.07. The van der Waals surface area contributed by atoms with Gasteiger partial charge in [0.25, 0.3) is 5.56 Å². The second-order valence-electron chi connectivity index (χ2n) is 10.0. The van der Waals surface area contributed by atoms with E-state index in [2.05, 4.69) is 0 Å². The summed E-state index contributed by atoms with van der Waals surface area (Å²) in [6.07, 6.45) is 3.11. The SMILES string of the molecule is CCCC1=C(C(=O)OCC)[C@H](c2ccccc2OC)n2c(sc(=Cc3ccc(OCc4ccc(C(=O)O)cc4)cc3)c2=O)=N1. The number of aromatic nitrogens is 1. The molecule has 226 valence electrons. The number of nitrogens with zero attached hydrogens (tertiary/aromatic N) is 2. The monoisotopic (exact) mass is 612 g/mol. The van der Waals surface area contributed by atoms with Crippen molar-refractivity contribution in [1.82, 2.24) is 4.57 Å². The zero-order valence-electron chi connectivity index (χ0n) is 24.6. The third kappa shape index (κ3) is 6.35. The summed E-state index contributed by atoms with van der Waals surface area (Å²) in [4.78, 5) is 43.7. The summed E-state index contributed by atoms with van der Waals surface area (Å²) in [5.41, 5.74) is 3.21. The first-order chi connectivity index (χ1) is 21.3. The Hall–Kier alpha value is -4.96. The first-order valence-corrected chi connectivity index (χ1v) is 15.1. The fourth-order valence-electron chi connectivity index (χ4n) is 5.03. The summed E-state index contributed by atoms with van der Waals surface area (Å²) in [6.45, 7) is 4.24. The quantitative estimate of drug-likeness (QED) is 0.241. The Morgan fingerprint density at radius 1 is 1.02 bits per heavy atom. The highest BCUT2D eigenvalue weighted by atomic mass is 32.1. The van der Waals surface area contributed by atoms with E-state index in [0.29, 0.717) is 44.1 Å². The van der Waals surface area contributed by atoms with Gasteiger partial charge in [0.05, 0.1) is 35.1 Å². The fourth-order valence-corrected chi connectivity index (χ4v) is 6.05. The molecular weight excluding hydrogens is 580 g/mol. The molecule has 10 heteroatoms. The Bertz CT molecular complexity index is 1890. The van der Waals surface area contributed by atoms with Crippen LogP contribution in [0.1, 0.15) is 59.8 Å². The summed E-state index contributed by atoms with van der Waals surface area (Å²) in [7, 11) is 1.56. The summed E-state index contributed by atoms with van der Waals surface area (Å²) >= 11 is 1.27. The van der Waals surface area contributed by atoms with E-state index in [1.807, 2.05) is 55.5 Å². The van der Waals surface area contributed by atoms with Crippen molar-refractivity contribution >= 4 is 29.4 Å². The van der Waals surface area contributed by atoms with Crippen LogP contribution in [-0.4, -0.2) is 35.3 Å². The van der Waals surface area contributed by atoms with Gasteiger partial charge in [-0.25, -0.2) is 14.6 Å². The van der Waals surface area contributed by atoms with E-state index in [-0.39, 0.29) is 24.3 Å². The van der Waals surface area contributed by atoms with Crippen molar-refractivity contribution in [3.05, 3.63) is 126 Å². The Morgan fingerprint density at radius 3 is 2.41 bits per heavy atom. The Morgan fingerprint density at radius 2 is 1.75 bits per heavy atom. The average molecular weight is 613 g/mol. The number of carbonyl (C=O) groups is 2. The molecule has 0 unspecified atom stereocenters. The number of ether oxygens (including phenoxy) is 3. The number of carboxylic acids is 1. The molecule has 0 fully saturated rings. The van der Waals surface area contributed by atoms with E-state index >= 15 is 0 Å². The van der Waals surface area contributed by atoms with Crippen LogP contribution in [0.15, 0.2) is 93.9 Å². The van der Waals surface area contributed by atoms with E-state index in [1.165, 1.54) is 11.3 Å². The lowest BCUT2D eigenvalue weighted by Crippen LogP contribution is -2.40. The van der Waals surface area contributed by atoms with Crippen LogP contribution >= 0.6 is 11.3 Å². The van der Waals surface area contributed by atoms with Crippen molar-refractivity contribution < 1.29 is 28.9 Å². The zero-order valence-corrected chi connectivity index (χ0v) is 25.4. The Labute approximate surface area is 258 Å². The number of esters is 1. The van der Waals surface area contributed by atoms with Crippen LogP contribution in [0, 0.1) is 0 Å². The molecule has 0 aliphatic carbocycles. The number of fused-ring (bicyclic) bond motifs is 1. The van der Waals surface area contributed by atoms with Crippen LogP contribution in [0.4, 0.5) is 0 Å². The molecule has 1 atom stereocenters. The maximum atomic E-state index is 14.0. The molecule has 1 aliphatic heterocycles. The standard InChI is InChI=1S/C34H32N2O7S/c1-4-8-26-29(33(40)42-5-2)30(25-9-6-7-10-27(25)41-3)36-31(37)28(44-34(36)35-26)19-21-13-17-24(18-14-21)43-20-22-11-15-23(16-12-22)32(38)39/h6-7,9-19,30H,4-5,8,20H2,1-3H3,(H,38,39)/t30-/m0/s1. The van der Waals surface area contributed by atoms with Crippen LogP contribution in [0.3, 0.4) is 0 Å². The molecule has 2 heterocycles. The molecule has 0 saturated carbocycles. The van der Waals surface area contributed by atoms with Gasteiger partial charge in [0.2, 0.25) is 0 Å². The number of benzene rings is 3. The number of methoxy groups -OCH3 is 1. The van der Waals surface area contributed by atoms with Crippen LogP contribution in [0.25, 0.3) is 6.08 Å². The van der Waals surface area contributed by atoms with E-state index in [1.54, 1.807) is 48.9 Å². The summed E-state index contributed by atoms with van der Waals surface area (Å²) in [5, 5.41) is 9.07. The molecule has 9 nitrogen and oxygen atoms in total. The number of hydrogen-bond donors (Lipinski definition) is 1. The first-order valence-electron chi connectivity index (χ1n) is 14.2. The van der Waals surface area contributed by atoms with E-state index in [0.717, 1.165) is 17.5 Å². The number of carbonyl (C=O) groups excluding carboxylic acids is 1. The Balaban J connectivity index is 1.51. The molecule has 44 heavy (non-hydrogen) atoms. The number of aromatic carboxylic acids is 1. The maximum absolute atomic E-state index is 14.0. The molecule has 0 bridgehead atoms. The predicted octanol–water partition coefficient (Wildman–Crippen LogP) is 4.86. The number of rotatable bonds is 11. The van der Waals surface area contributed by atoms with Crippen LogP contribution < -0.4 is 24.4 Å². The third-order valence-corrected chi connectivity index (χ3v) is 8.09. The lowest BCUT2D eigenvalue weighted by atomic mass is 9.93. The van der Waals surface area contributed by atoms with Crippen LogP contribution in [-0.2, 0) is 16.1 Å². The van der Waals surface area contributed by atoms with Gasteiger partial charge in [-0.05, 0) is 60.9 Å². The van der Waals surface area contributed by atoms with E-state index in [4.69, 9.17) is 24.3 Å². The number of carboxylic acid groups (broad SMARTS) is 1. The molecule has 0 amide bonds. The minimum atomic E-state index is -0.975. The third-order valence-electron chi connectivity index (χ3n) is 7.11. The molecule has 0 spiro atoms. The van der Waals surface area contributed by atoms with Gasteiger partial charge in [0.1, 0.15) is 24.1 Å². The van der Waals surface area contributed by atoms with Crippen molar-refractivity contribution in [1.29, 1.82) is 0 Å². The van der Waals surface area contributed by atoms with E-state index < -0.39 is 18.0 Å². The molecule has 1 N–H and O–H groups in total. The molecule has 0 radical (unpaired) electrons. The van der Waals surface area contributed by atoms with Gasteiger partial charge in [0.15, 0.2) is 4.80 Å². The van der Waals surface area contributed by atoms with Gasteiger partial charge in [-0.2, -0.15) is 0 Å². The van der Waals surface area contributed by atoms with Gasteiger partial charge in [-0.15, -0.1) is 0 Å². The van der Waals surface area contributed by atoms with Crippen LogP contribution in [0.5, 0.6) is 11.5 Å². The normalized spacial score (nSPS) is 14.5. The average Bonchev–Trinajstić information content (AvgIpc) is 3.34. The van der Waals surface area contributed by atoms with E-state index in [9.17, 15) is 14.4 Å². The number of hydrogen-bond acceptors (Lipinski definition) is 8. The molecule has 0 saturated heterocycles. The zero-order chi connectivity index (χ0) is 31.2. The molecule has 5 rings (SSSR count). The predicted molar refractivity (Wildman–Crippen MR) is 167 cm³/mol. The second kappa shape index (κ2) is 13.6. The van der Waals surface area contributed by atoms with Gasteiger partial charge in [0, 0.05) is 5.56 Å². The van der Waals surface area contributed by atoms with Crippen molar-refractivity contribution in [2.75, 3.05) is 13.7 Å². The summed E-state index contributed by atoms with van der Waals surface area (Å²) < 4.78 is 19.0. The molecule has 3 aromatic carbocycles. The lowest BCUT2D eigenvalue weighted by Gasteiger charge is -2.26. The molecular formula is C34H32N2O7S. The lowest BCUT2D eigenvalue weighted by molar-refractivity contribution is -0.139. The first kappa shape index (κ1) is 30.5. The highest BCUT2D eigenvalue weighted by Crippen LogP contribution is 2.36. The van der Waals surface area contributed by atoms with Crippen molar-refractivity contribution in [3.8, 4) is 11.5 Å². The second-order valence-corrected chi connectivity index (χ2v) is 11.0. The van der Waals surface area contributed by atoms with Gasteiger partial charge >= 0.3 is 11.9 Å². The molecule has 1 aliphatic rings. The van der Waals surface area contributed by atoms with Gasteiger partial charge < -0.3 is 19.3 Å². The number of para-hydroxylation sites is 1. The minimum absolute atomic E-state index is 0.196. The maximum Gasteiger partial charge on any atom is 0.338 e. The Kier molecular flexibility index (Phi) is 9.40. The van der Waals surface area contributed by atoms with Gasteiger partial charge in [-0.3, -0.25) is 9.36 Å². The molecule has 1 aromatic heterocycles. The summed E-state index contributed by atoms with van der Waals surface area (Å²) in [6, 6.07) is 20.4. The highest BCUT2D eigenvalue weighted by Gasteiger charge is 2.35. The van der Waals surface area contributed by atoms with Crippen molar-refractivity contribution in [2.24, 2.45) is 4.99 Å². The largest absolute Gasteiger partial charge is 0.496 e. The number of allylic oxidation sites excluding steroid dienone is 1. The topological polar surface area (TPSA) is 116 Å². The van der Waals surface area contributed by atoms with Crippen molar-refractivity contribution in [3.63, 3.8) is 0 Å². The van der Waals surface area contributed by atoms with Crippen LogP contribution in [0.2, 0.25) is 0 Å². The van der Waals surface area contributed by atoms with Crippen molar-refractivity contribution in [2.45, 2.75) is 39.3 Å². The summed E-state index contributed by atoms with van der Waals surface area (Å²) in [5.74, 6) is -0.291. The fraction of sp³-hybridized carbons (Fsp3) is 0.235.